The lowest BCUT2D eigenvalue weighted by atomic mass is 9.79. The lowest BCUT2D eigenvalue weighted by Gasteiger charge is -2.55. The molecule has 1 aliphatic heterocycles. The lowest BCUT2D eigenvalue weighted by molar-refractivity contribution is -0.123. The molecule has 0 saturated heterocycles. The van der Waals surface area contributed by atoms with Crippen LogP contribution < -0.4 is 16.2 Å². The number of carbonyl (C=O) groups is 2. The minimum Gasteiger partial charge on any atom is -0.502 e. The van der Waals surface area contributed by atoms with Crippen LogP contribution in [0, 0.1) is 17.6 Å². The summed E-state index contributed by atoms with van der Waals surface area (Å²) in [5, 5.41) is 21.2. The van der Waals surface area contributed by atoms with Crippen LogP contribution in [0.25, 0.3) is 10.6 Å². The summed E-state index contributed by atoms with van der Waals surface area (Å²) < 4.78 is 28.8. The van der Waals surface area contributed by atoms with E-state index < -0.39 is 34.4 Å². The van der Waals surface area contributed by atoms with Crippen molar-refractivity contribution < 1.29 is 23.5 Å². The highest BCUT2D eigenvalue weighted by Gasteiger charge is 2.50. The van der Waals surface area contributed by atoms with E-state index in [4.69, 9.17) is 5.73 Å². The number of aromatic hydroxyl groups is 1. The van der Waals surface area contributed by atoms with Crippen molar-refractivity contribution in [1.29, 1.82) is 0 Å². The quantitative estimate of drug-likeness (QED) is 0.527. The summed E-state index contributed by atoms with van der Waals surface area (Å²) in [6.45, 7) is 0. The third kappa shape index (κ3) is 3.93. The number of pyridine rings is 1. The summed E-state index contributed by atoms with van der Waals surface area (Å²) >= 11 is 1.03. The van der Waals surface area contributed by atoms with E-state index in [0.717, 1.165) is 23.5 Å². The van der Waals surface area contributed by atoms with Gasteiger partial charge >= 0.3 is 0 Å². The molecule has 10 nitrogen and oxygen atoms in total. The number of carbonyl (C=O) groups excluding carboxylic acids is 2. The molecule has 0 atom stereocenters. The molecule has 3 aromatic rings. The molecule has 37 heavy (non-hydrogen) atoms. The van der Waals surface area contributed by atoms with Gasteiger partial charge in [0.2, 0.25) is 11.3 Å². The molecule has 1 saturated carbocycles. The number of aromatic nitrogens is 3. The molecule has 3 heterocycles. The topological polar surface area (TPSA) is 135 Å². The summed E-state index contributed by atoms with van der Waals surface area (Å²) in [6, 6.07) is 3.24. The van der Waals surface area contributed by atoms with Crippen LogP contribution >= 0.6 is 11.3 Å². The molecule has 2 amide bonds. The SMILES string of the molecule is CN1C(=O)c2c(O)c(=O)c(-c3nnc(Cc4ccc(F)cc4F)s3)cn2N(C)C12CCC(C(N)=O)CC2. The van der Waals surface area contributed by atoms with Crippen LogP contribution in [0.5, 0.6) is 5.75 Å². The molecule has 13 heteroatoms. The molecule has 3 N–H and O–H groups in total. The molecule has 0 unspecified atom stereocenters. The number of halogens is 2. The maximum atomic E-state index is 14.1. The van der Waals surface area contributed by atoms with Gasteiger partial charge in [0.25, 0.3) is 5.91 Å². The molecule has 5 rings (SSSR count). The van der Waals surface area contributed by atoms with Gasteiger partial charge in [-0.1, -0.05) is 17.4 Å². The van der Waals surface area contributed by atoms with Crippen molar-refractivity contribution in [2.45, 2.75) is 37.8 Å². The van der Waals surface area contributed by atoms with Gasteiger partial charge in [-0.3, -0.25) is 24.1 Å². The Morgan fingerprint density at radius 1 is 1.22 bits per heavy atom. The van der Waals surface area contributed by atoms with E-state index in [1.165, 1.54) is 21.8 Å². The summed E-state index contributed by atoms with van der Waals surface area (Å²) in [4.78, 5) is 39.6. The first-order chi connectivity index (χ1) is 17.5. The van der Waals surface area contributed by atoms with Crippen LogP contribution in [-0.4, -0.2) is 56.5 Å². The van der Waals surface area contributed by atoms with Gasteiger partial charge in [-0.2, -0.15) is 0 Å². The number of hydrogen-bond acceptors (Lipinski definition) is 8. The van der Waals surface area contributed by atoms with E-state index in [0.29, 0.717) is 30.7 Å². The van der Waals surface area contributed by atoms with Crippen LogP contribution in [0.2, 0.25) is 0 Å². The third-order valence-corrected chi connectivity index (χ3v) is 8.42. The number of hydrogen-bond donors (Lipinski definition) is 2. The number of benzene rings is 1. The van der Waals surface area contributed by atoms with E-state index in [9.17, 15) is 28.3 Å². The molecule has 1 spiro atoms. The Morgan fingerprint density at radius 3 is 2.57 bits per heavy atom. The summed E-state index contributed by atoms with van der Waals surface area (Å²) in [7, 11) is 3.35. The van der Waals surface area contributed by atoms with Crippen LogP contribution in [0.15, 0.2) is 29.2 Å². The number of fused-ring (bicyclic) bond motifs is 1. The smallest absolute Gasteiger partial charge is 0.278 e. The summed E-state index contributed by atoms with van der Waals surface area (Å²) in [5.74, 6) is -3.32. The van der Waals surface area contributed by atoms with Crippen molar-refractivity contribution in [2.75, 3.05) is 19.1 Å². The van der Waals surface area contributed by atoms with E-state index in [2.05, 4.69) is 10.2 Å². The zero-order valence-corrected chi connectivity index (χ0v) is 20.9. The maximum absolute atomic E-state index is 14.1. The number of rotatable bonds is 4. The van der Waals surface area contributed by atoms with Crippen molar-refractivity contribution >= 4 is 23.2 Å². The fourth-order valence-corrected chi connectivity index (χ4v) is 6.10. The largest absolute Gasteiger partial charge is 0.502 e. The van der Waals surface area contributed by atoms with Gasteiger partial charge in [0.15, 0.2) is 16.5 Å². The average Bonchev–Trinajstić information content (AvgIpc) is 3.33. The maximum Gasteiger partial charge on any atom is 0.278 e. The Bertz CT molecular complexity index is 1480. The molecule has 1 fully saturated rings. The molecule has 1 aromatic carbocycles. The molecule has 2 aromatic heterocycles. The van der Waals surface area contributed by atoms with Gasteiger partial charge in [0.1, 0.15) is 22.3 Å². The molecule has 0 radical (unpaired) electrons. The fourth-order valence-electron chi connectivity index (χ4n) is 5.23. The summed E-state index contributed by atoms with van der Waals surface area (Å²) in [6.07, 6.45) is 3.39. The molecule has 194 valence electrons. The van der Waals surface area contributed by atoms with E-state index in [1.54, 1.807) is 19.1 Å². The van der Waals surface area contributed by atoms with Gasteiger partial charge in [0.05, 0.1) is 5.56 Å². The third-order valence-electron chi connectivity index (χ3n) is 7.46. The fraction of sp³-hybridized carbons (Fsp3) is 0.375. The van der Waals surface area contributed by atoms with Crippen LogP contribution in [0.3, 0.4) is 0 Å². The minimum absolute atomic E-state index is 0.0229. The summed E-state index contributed by atoms with van der Waals surface area (Å²) in [5.41, 5.74) is 3.97. The van der Waals surface area contributed by atoms with Crippen LogP contribution in [0.1, 0.15) is 46.7 Å². The zero-order chi connectivity index (χ0) is 26.6. The standard InChI is InChI=1S/C24H24F2N6O4S/c1-30-23(36)18-20(34)19(33)15(11-32(18)31(2)24(30)7-5-12(6-8-24)21(27)35)22-29-28-17(37-22)9-13-3-4-14(25)10-16(13)26/h3-4,10-12,34H,5-9H2,1-2H3,(H2,27,35). The van der Waals surface area contributed by atoms with E-state index in [1.807, 2.05) is 0 Å². The minimum atomic E-state index is -0.790. The highest BCUT2D eigenvalue weighted by atomic mass is 32.1. The second-order valence-electron chi connectivity index (χ2n) is 9.37. The predicted octanol–water partition coefficient (Wildman–Crippen LogP) is 1.97. The average molecular weight is 531 g/mol. The molecule has 2 aliphatic rings. The molecule has 0 bridgehead atoms. The van der Waals surface area contributed by atoms with Crippen molar-refractivity contribution in [1.82, 2.24) is 19.8 Å². The Balaban J connectivity index is 1.52. The Labute approximate surface area is 213 Å². The first-order valence-corrected chi connectivity index (χ1v) is 12.4. The van der Waals surface area contributed by atoms with Crippen molar-refractivity contribution in [3.8, 4) is 16.3 Å². The highest BCUT2D eigenvalue weighted by Crippen LogP contribution is 2.41. The molecule has 1 aliphatic carbocycles. The number of nitrogens with two attached hydrogens (primary N) is 1. The van der Waals surface area contributed by atoms with Gasteiger partial charge in [-0.15, -0.1) is 10.2 Å². The van der Waals surface area contributed by atoms with Crippen molar-refractivity contribution in [3.05, 3.63) is 62.5 Å². The lowest BCUT2D eigenvalue weighted by Crippen LogP contribution is -2.69. The van der Waals surface area contributed by atoms with Gasteiger partial charge in [-0.05, 0) is 37.3 Å². The first kappa shape index (κ1) is 24.8. The van der Waals surface area contributed by atoms with Crippen molar-refractivity contribution in [2.24, 2.45) is 11.7 Å². The Kier molecular flexibility index (Phi) is 5.97. The second-order valence-corrected chi connectivity index (χ2v) is 10.4. The van der Waals surface area contributed by atoms with Crippen LogP contribution in [0.4, 0.5) is 8.78 Å². The van der Waals surface area contributed by atoms with Crippen molar-refractivity contribution in [3.63, 3.8) is 0 Å². The number of primary amides is 1. The normalized spacial score (nSPS) is 21.4. The molecular formula is C24H24F2N6O4S. The molecular weight excluding hydrogens is 506 g/mol. The number of nitrogens with zero attached hydrogens (tertiary/aromatic N) is 5. The Morgan fingerprint density at radius 2 is 1.92 bits per heavy atom. The highest BCUT2D eigenvalue weighted by molar-refractivity contribution is 7.14. The van der Waals surface area contributed by atoms with E-state index in [-0.39, 0.29) is 40.1 Å². The van der Waals surface area contributed by atoms with Crippen LogP contribution in [-0.2, 0) is 11.2 Å². The second kappa shape index (κ2) is 8.91. The zero-order valence-electron chi connectivity index (χ0n) is 20.1. The first-order valence-electron chi connectivity index (χ1n) is 11.6. The Hall–Kier alpha value is -3.87. The number of amides is 2. The van der Waals surface area contributed by atoms with Gasteiger partial charge < -0.3 is 15.7 Å². The van der Waals surface area contributed by atoms with Gasteiger partial charge in [0, 0.05) is 38.7 Å². The van der Waals surface area contributed by atoms with E-state index >= 15 is 0 Å². The predicted molar refractivity (Wildman–Crippen MR) is 131 cm³/mol. The van der Waals surface area contributed by atoms with Gasteiger partial charge in [-0.25, -0.2) is 8.78 Å². The monoisotopic (exact) mass is 530 g/mol.